The van der Waals surface area contributed by atoms with Crippen molar-refractivity contribution in [1.82, 2.24) is 5.32 Å². The van der Waals surface area contributed by atoms with Gasteiger partial charge >= 0.3 is 12.1 Å². The van der Waals surface area contributed by atoms with Gasteiger partial charge in [0.15, 0.2) is 0 Å². The van der Waals surface area contributed by atoms with Crippen molar-refractivity contribution in [2.45, 2.75) is 51.7 Å². The summed E-state index contributed by atoms with van der Waals surface area (Å²) in [5, 5.41) is 11.8. The molecule has 0 saturated heterocycles. The summed E-state index contributed by atoms with van der Waals surface area (Å²) < 4.78 is 5.13. The number of hydrogen-bond acceptors (Lipinski definition) is 3. The number of carboxylic acid groups (broad SMARTS) is 1. The molecular formula is C22H27NO4. The van der Waals surface area contributed by atoms with E-state index in [0.29, 0.717) is 12.8 Å². The molecular weight excluding hydrogens is 342 g/mol. The Morgan fingerprint density at radius 3 is 2.07 bits per heavy atom. The lowest BCUT2D eigenvalue weighted by atomic mass is 10.0. The van der Waals surface area contributed by atoms with Gasteiger partial charge in [-0.3, -0.25) is 0 Å². The van der Waals surface area contributed by atoms with Crippen LogP contribution in [0.5, 0.6) is 0 Å². The van der Waals surface area contributed by atoms with Gasteiger partial charge in [-0.1, -0.05) is 54.6 Å². The van der Waals surface area contributed by atoms with Gasteiger partial charge in [0, 0.05) is 0 Å². The zero-order valence-electron chi connectivity index (χ0n) is 16.1. The minimum absolute atomic E-state index is 0.298. The average molecular weight is 369 g/mol. The number of aryl methyl sites for hydroxylation is 1. The van der Waals surface area contributed by atoms with E-state index in [1.807, 2.05) is 30.3 Å². The van der Waals surface area contributed by atoms with Crippen LogP contribution in [0.2, 0.25) is 0 Å². The van der Waals surface area contributed by atoms with E-state index in [9.17, 15) is 14.7 Å². The zero-order valence-corrected chi connectivity index (χ0v) is 16.1. The number of aliphatic carboxylic acids is 1. The van der Waals surface area contributed by atoms with E-state index in [0.717, 1.165) is 12.0 Å². The maximum absolute atomic E-state index is 11.8. The smallest absolute Gasteiger partial charge is 0.408 e. The Labute approximate surface area is 160 Å². The molecule has 0 aliphatic carbocycles. The third-order valence-corrected chi connectivity index (χ3v) is 3.98. The lowest BCUT2D eigenvalue weighted by Crippen LogP contribution is -2.43. The predicted octanol–water partition coefficient (Wildman–Crippen LogP) is 4.19. The summed E-state index contributed by atoms with van der Waals surface area (Å²) in [5.41, 5.74) is 2.82. The van der Waals surface area contributed by atoms with Crippen LogP contribution < -0.4 is 5.32 Å². The molecule has 0 bridgehead atoms. The van der Waals surface area contributed by atoms with Crippen LogP contribution in [0.25, 0.3) is 0 Å². The molecule has 0 aromatic heterocycles. The van der Waals surface area contributed by atoms with Crippen LogP contribution in [0.15, 0.2) is 54.6 Å². The van der Waals surface area contributed by atoms with Gasteiger partial charge in [0.05, 0.1) is 0 Å². The van der Waals surface area contributed by atoms with Crippen molar-refractivity contribution in [3.8, 4) is 0 Å². The molecule has 0 aliphatic heterocycles. The van der Waals surface area contributed by atoms with Gasteiger partial charge in [0.25, 0.3) is 0 Å². The first-order valence-electron chi connectivity index (χ1n) is 9.07. The van der Waals surface area contributed by atoms with Gasteiger partial charge in [-0.2, -0.15) is 0 Å². The van der Waals surface area contributed by atoms with Crippen molar-refractivity contribution in [2.75, 3.05) is 0 Å². The molecule has 2 aromatic carbocycles. The third kappa shape index (κ3) is 7.52. The van der Waals surface area contributed by atoms with Crippen LogP contribution in [-0.4, -0.2) is 28.8 Å². The molecule has 1 amide bonds. The quantitative estimate of drug-likeness (QED) is 0.767. The van der Waals surface area contributed by atoms with E-state index < -0.39 is 23.7 Å². The SMILES string of the molecule is CC(C)(C)OC(=O)N[C@H](CCc1ccc(Cc2ccccc2)cc1)C(=O)O. The number of nitrogens with one attached hydrogen (secondary N) is 1. The van der Waals surface area contributed by atoms with Gasteiger partial charge in [0.1, 0.15) is 11.6 Å². The molecule has 144 valence electrons. The van der Waals surface area contributed by atoms with Crippen molar-refractivity contribution < 1.29 is 19.4 Å². The third-order valence-electron chi connectivity index (χ3n) is 3.98. The number of carbonyl (C=O) groups excluding carboxylic acids is 1. The number of ether oxygens (including phenoxy) is 1. The van der Waals surface area contributed by atoms with Crippen molar-refractivity contribution in [1.29, 1.82) is 0 Å². The number of amides is 1. The summed E-state index contributed by atoms with van der Waals surface area (Å²) >= 11 is 0. The highest BCUT2D eigenvalue weighted by Gasteiger charge is 2.23. The Bertz CT molecular complexity index is 748. The fourth-order valence-electron chi connectivity index (χ4n) is 2.67. The monoisotopic (exact) mass is 369 g/mol. The molecule has 2 aromatic rings. The zero-order chi connectivity index (χ0) is 19.9. The molecule has 0 heterocycles. The summed E-state index contributed by atoms with van der Waals surface area (Å²) in [4.78, 5) is 23.2. The fourth-order valence-corrected chi connectivity index (χ4v) is 2.67. The lowest BCUT2D eigenvalue weighted by molar-refractivity contribution is -0.139. The standard InChI is InChI=1S/C22H27NO4/c1-22(2,3)27-21(26)23-19(20(24)25)14-13-16-9-11-18(12-10-16)15-17-7-5-4-6-8-17/h4-12,19H,13-15H2,1-3H3,(H,23,26)(H,24,25)/t19-/m1/s1. The normalized spacial score (nSPS) is 12.3. The van der Waals surface area contributed by atoms with E-state index in [1.54, 1.807) is 20.8 Å². The van der Waals surface area contributed by atoms with Crippen LogP contribution in [0.3, 0.4) is 0 Å². The van der Waals surface area contributed by atoms with Gasteiger partial charge in [-0.25, -0.2) is 9.59 Å². The molecule has 0 aliphatic rings. The summed E-state index contributed by atoms with van der Waals surface area (Å²) in [5.74, 6) is -1.07. The molecule has 5 nitrogen and oxygen atoms in total. The first-order chi connectivity index (χ1) is 12.7. The number of hydrogen-bond donors (Lipinski definition) is 2. The maximum atomic E-state index is 11.8. The van der Waals surface area contributed by atoms with Crippen LogP contribution in [0.1, 0.15) is 43.9 Å². The molecule has 0 unspecified atom stereocenters. The first-order valence-corrected chi connectivity index (χ1v) is 9.07. The van der Waals surface area contributed by atoms with Gasteiger partial charge in [-0.05, 0) is 56.7 Å². The fraction of sp³-hybridized carbons (Fsp3) is 0.364. The van der Waals surface area contributed by atoms with Gasteiger partial charge in [-0.15, -0.1) is 0 Å². The van der Waals surface area contributed by atoms with Crippen molar-refractivity contribution in [3.63, 3.8) is 0 Å². The summed E-state index contributed by atoms with van der Waals surface area (Å²) in [6.45, 7) is 5.21. The minimum atomic E-state index is -1.07. The highest BCUT2D eigenvalue weighted by Crippen LogP contribution is 2.13. The number of alkyl carbamates (subject to hydrolysis) is 1. The number of benzene rings is 2. The Balaban J connectivity index is 1.89. The number of rotatable bonds is 7. The second-order valence-electron chi connectivity index (χ2n) is 7.55. The van der Waals surface area contributed by atoms with Gasteiger partial charge in [0.2, 0.25) is 0 Å². The van der Waals surface area contributed by atoms with E-state index in [2.05, 4.69) is 29.6 Å². The maximum Gasteiger partial charge on any atom is 0.408 e. The first kappa shape index (κ1) is 20.5. The van der Waals surface area contributed by atoms with Gasteiger partial charge < -0.3 is 15.2 Å². The number of carboxylic acids is 1. The molecule has 1 atom stereocenters. The second-order valence-corrected chi connectivity index (χ2v) is 7.55. The molecule has 0 spiro atoms. The Morgan fingerprint density at radius 2 is 1.52 bits per heavy atom. The Kier molecular flexibility index (Phi) is 6.99. The van der Waals surface area contributed by atoms with E-state index in [-0.39, 0.29) is 0 Å². The largest absolute Gasteiger partial charge is 0.480 e. The highest BCUT2D eigenvalue weighted by atomic mass is 16.6. The lowest BCUT2D eigenvalue weighted by Gasteiger charge is -2.22. The van der Waals surface area contributed by atoms with Crippen LogP contribution >= 0.6 is 0 Å². The molecule has 0 fully saturated rings. The Morgan fingerprint density at radius 1 is 0.963 bits per heavy atom. The molecule has 0 saturated carbocycles. The number of carbonyl (C=O) groups is 2. The summed E-state index contributed by atoms with van der Waals surface area (Å²) in [7, 11) is 0. The van der Waals surface area contributed by atoms with E-state index >= 15 is 0 Å². The van der Waals surface area contributed by atoms with E-state index in [4.69, 9.17) is 4.74 Å². The average Bonchev–Trinajstić information content (AvgIpc) is 2.59. The van der Waals surface area contributed by atoms with Crippen molar-refractivity contribution >= 4 is 12.1 Å². The van der Waals surface area contributed by atoms with Crippen molar-refractivity contribution in [2.24, 2.45) is 0 Å². The van der Waals surface area contributed by atoms with Crippen LogP contribution in [-0.2, 0) is 22.4 Å². The molecule has 2 rings (SSSR count). The highest BCUT2D eigenvalue weighted by molar-refractivity contribution is 5.80. The molecule has 0 radical (unpaired) electrons. The molecule has 5 heteroatoms. The topological polar surface area (TPSA) is 75.6 Å². The summed E-state index contributed by atoms with van der Waals surface area (Å²) in [6.07, 6.45) is 0.998. The van der Waals surface area contributed by atoms with Crippen LogP contribution in [0, 0.1) is 0 Å². The summed E-state index contributed by atoms with van der Waals surface area (Å²) in [6, 6.07) is 17.4. The molecule has 27 heavy (non-hydrogen) atoms. The second kappa shape index (κ2) is 9.21. The molecule has 2 N–H and O–H groups in total. The predicted molar refractivity (Wildman–Crippen MR) is 105 cm³/mol. The van der Waals surface area contributed by atoms with E-state index in [1.165, 1.54) is 11.1 Å². The van der Waals surface area contributed by atoms with Crippen molar-refractivity contribution in [3.05, 3.63) is 71.3 Å². The van der Waals surface area contributed by atoms with Crippen LogP contribution in [0.4, 0.5) is 4.79 Å². The Hall–Kier alpha value is -2.82. The minimum Gasteiger partial charge on any atom is -0.480 e.